The average Bonchev–Trinajstić information content (AvgIpc) is 3.16. The van der Waals surface area contributed by atoms with E-state index in [0.29, 0.717) is 23.1 Å². The van der Waals surface area contributed by atoms with Crippen molar-refractivity contribution in [2.75, 3.05) is 25.6 Å². The minimum absolute atomic E-state index is 0.268. The first-order valence-corrected chi connectivity index (χ1v) is 7.17. The molecule has 0 spiro atoms. The van der Waals surface area contributed by atoms with Gasteiger partial charge in [-0.15, -0.1) is 0 Å². The molecule has 0 saturated carbocycles. The molecule has 3 aromatic rings. The van der Waals surface area contributed by atoms with Gasteiger partial charge in [-0.3, -0.25) is 9.63 Å². The van der Waals surface area contributed by atoms with Gasteiger partial charge in [0.25, 0.3) is 5.91 Å². The van der Waals surface area contributed by atoms with Crippen LogP contribution in [0.15, 0.2) is 53.4 Å². The van der Waals surface area contributed by atoms with Crippen molar-refractivity contribution >= 4 is 17.5 Å². The summed E-state index contributed by atoms with van der Waals surface area (Å²) in [5, 5.41) is 1.09. The van der Waals surface area contributed by atoms with Gasteiger partial charge in [-0.05, 0) is 24.3 Å². The van der Waals surface area contributed by atoms with Gasteiger partial charge in [-0.25, -0.2) is 20.0 Å². The average molecular weight is 342 g/mol. The fourth-order valence-corrected chi connectivity index (χ4v) is 1.75. The first-order chi connectivity index (χ1) is 12.0. The van der Waals surface area contributed by atoms with E-state index in [0.717, 1.165) is 5.06 Å². The zero-order valence-corrected chi connectivity index (χ0v) is 13.8. The topological polar surface area (TPSA) is 133 Å². The Kier molecular flexibility index (Phi) is 6.02. The normalized spacial score (nSPS) is 9.84. The lowest BCUT2D eigenvalue weighted by molar-refractivity contribution is -0.0760. The molecule has 1 amide bonds. The number of anilines is 2. The SMILES string of the molecule is CON(C)C(=O)c1cccc(N)n1.Nc1cccc(-c2cnco2)n1. The van der Waals surface area contributed by atoms with Gasteiger partial charge in [-0.2, -0.15) is 0 Å². The summed E-state index contributed by atoms with van der Waals surface area (Å²) in [7, 11) is 2.91. The Labute approximate surface area is 144 Å². The number of oxazole rings is 1. The Morgan fingerprint density at radius 3 is 2.36 bits per heavy atom. The Morgan fingerprint density at radius 1 is 1.12 bits per heavy atom. The van der Waals surface area contributed by atoms with Crippen LogP contribution in [0.5, 0.6) is 0 Å². The van der Waals surface area contributed by atoms with Crippen LogP contribution in [0.25, 0.3) is 11.5 Å². The van der Waals surface area contributed by atoms with Crippen LogP contribution in [-0.2, 0) is 4.84 Å². The fraction of sp³-hybridized carbons (Fsp3) is 0.125. The van der Waals surface area contributed by atoms with Crippen molar-refractivity contribution in [2.45, 2.75) is 0 Å². The smallest absolute Gasteiger partial charge is 0.295 e. The Bertz CT molecular complexity index is 822. The number of amides is 1. The molecular weight excluding hydrogens is 324 g/mol. The van der Waals surface area contributed by atoms with Crippen LogP contribution in [0.1, 0.15) is 10.5 Å². The first kappa shape index (κ1) is 17.9. The monoisotopic (exact) mass is 342 g/mol. The zero-order valence-electron chi connectivity index (χ0n) is 13.8. The van der Waals surface area contributed by atoms with E-state index in [1.165, 1.54) is 20.6 Å². The molecule has 0 radical (unpaired) electrons. The number of nitrogens with two attached hydrogens (primary N) is 2. The molecule has 3 aromatic heterocycles. The summed E-state index contributed by atoms with van der Waals surface area (Å²) < 4.78 is 5.05. The molecule has 9 heteroatoms. The Morgan fingerprint density at radius 2 is 1.80 bits per heavy atom. The number of hydrogen-bond acceptors (Lipinski definition) is 8. The van der Waals surface area contributed by atoms with Crippen molar-refractivity contribution in [1.29, 1.82) is 0 Å². The minimum atomic E-state index is -0.324. The van der Waals surface area contributed by atoms with Crippen LogP contribution in [0, 0.1) is 0 Å². The van der Waals surface area contributed by atoms with Crippen molar-refractivity contribution in [2.24, 2.45) is 0 Å². The molecule has 0 saturated heterocycles. The number of rotatable bonds is 3. The number of nitrogen functional groups attached to an aromatic ring is 2. The molecule has 0 aromatic carbocycles. The van der Waals surface area contributed by atoms with Crippen LogP contribution in [0.4, 0.5) is 11.6 Å². The van der Waals surface area contributed by atoms with Crippen molar-refractivity contribution in [3.05, 3.63) is 54.7 Å². The Balaban J connectivity index is 0.000000181. The van der Waals surface area contributed by atoms with Gasteiger partial charge >= 0.3 is 0 Å². The highest BCUT2D eigenvalue weighted by atomic mass is 16.7. The van der Waals surface area contributed by atoms with E-state index in [9.17, 15) is 4.79 Å². The van der Waals surface area contributed by atoms with Crippen molar-refractivity contribution < 1.29 is 14.0 Å². The molecular formula is C16H18N6O3. The fourth-order valence-electron chi connectivity index (χ4n) is 1.75. The van der Waals surface area contributed by atoms with E-state index < -0.39 is 0 Å². The maximum Gasteiger partial charge on any atom is 0.295 e. The number of pyridine rings is 2. The first-order valence-electron chi connectivity index (χ1n) is 7.17. The summed E-state index contributed by atoms with van der Waals surface area (Å²) in [6, 6.07) is 10.2. The molecule has 130 valence electrons. The summed E-state index contributed by atoms with van der Waals surface area (Å²) in [5.41, 5.74) is 11.9. The second-order valence-electron chi connectivity index (χ2n) is 4.75. The highest BCUT2D eigenvalue weighted by molar-refractivity contribution is 5.91. The van der Waals surface area contributed by atoms with E-state index >= 15 is 0 Å². The largest absolute Gasteiger partial charge is 0.442 e. The lowest BCUT2D eigenvalue weighted by Gasteiger charge is -2.12. The minimum Gasteiger partial charge on any atom is -0.442 e. The van der Waals surface area contributed by atoms with Crippen molar-refractivity contribution in [1.82, 2.24) is 20.0 Å². The van der Waals surface area contributed by atoms with Gasteiger partial charge in [0.15, 0.2) is 12.2 Å². The third kappa shape index (κ3) is 5.01. The van der Waals surface area contributed by atoms with Gasteiger partial charge in [0.05, 0.1) is 13.3 Å². The summed E-state index contributed by atoms with van der Waals surface area (Å²) in [6.07, 6.45) is 2.96. The van der Waals surface area contributed by atoms with Crippen molar-refractivity contribution in [3.63, 3.8) is 0 Å². The molecule has 0 aliphatic rings. The standard InChI is InChI=1S/C8H11N3O2.C8H7N3O/c1-11(13-2)8(12)6-4-3-5-7(9)10-6;9-8-3-1-2-6(11-8)7-4-10-5-12-7/h3-5H,1-2H3,(H2,9,10);1-5H,(H2,9,11). The van der Waals surface area contributed by atoms with Gasteiger partial charge in [0, 0.05) is 7.05 Å². The summed E-state index contributed by atoms with van der Waals surface area (Å²) in [4.78, 5) is 27.8. The quantitative estimate of drug-likeness (QED) is 0.686. The third-order valence-electron chi connectivity index (χ3n) is 3.01. The number of hydroxylamine groups is 2. The van der Waals surface area contributed by atoms with Gasteiger partial charge in [0.1, 0.15) is 23.0 Å². The maximum atomic E-state index is 11.4. The molecule has 0 aliphatic heterocycles. The third-order valence-corrected chi connectivity index (χ3v) is 3.01. The van der Waals surface area contributed by atoms with Gasteiger partial charge in [0.2, 0.25) is 0 Å². The molecule has 9 nitrogen and oxygen atoms in total. The second-order valence-corrected chi connectivity index (χ2v) is 4.75. The predicted octanol–water partition coefficient (Wildman–Crippen LogP) is 1.62. The van der Waals surface area contributed by atoms with Crippen LogP contribution < -0.4 is 11.5 Å². The summed E-state index contributed by atoms with van der Waals surface area (Å²) >= 11 is 0. The molecule has 0 atom stereocenters. The highest BCUT2D eigenvalue weighted by Gasteiger charge is 2.12. The number of carbonyl (C=O) groups excluding carboxylic acids is 1. The number of aromatic nitrogens is 3. The molecule has 3 heterocycles. The molecule has 0 unspecified atom stereocenters. The van der Waals surface area contributed by atoms with Crippen LogP contribution >= 0.6 is 0 Å². The second kappa shape index (κ2) is 8.41. The van der Waals surface area contributed by atoms with Gasteiger partial charge < -0.3 is 15.9 Å². The zero-order chi connectivity index (χ0) is 18.2. The van der Waals surface area contributed by atoms with Crippen molar-refractivity contribution in [3.8, 4) is 11.5 Å². The Hall–Kier alpha value is -3.46. The van der Waals surface area contributed by atoms with E-state index in [-0.39, 0.29) is 11.6 Å². The van der Waals surface area contributed by atoms with Gasteiger partial charge in [-0.1, -0.05) is 12.1 Å². The number of hydrogen-bond donors (Lipinski definition) is 2. The van der Waals surface area contributed by atoms with Crippen LogP contribution in [-0.4, -0.2) is 40.1 Å². The van der Waals surface area contributed by atoms with E-state index in [1.807, 2.05) is 12.1 Å². The molecule has 4 N–H and O–H groups in total. The lowest BCUT2D eigenvalue weighted by Crippen LogP contribution is -2.26. The molecule has 25 heavy (non-hydrogen) atoms. The van der Waals surface area contributed by atoms with E-state index in [4.69, 9.17) is 20.7 Å². The van der Waals surface area contributed by atoms with E-state index in [1.54, 1.807) is 30.5 Å². The highest BCUT2D eigenvalue weighted by Crippen LogP contribution is 2.16. The molecule has 3 rings (SSSR count). The predicted molar refractivity (Wildman–Crippen MR) is 91.9 cm³/mol. The number of nitrogens with zero attached hydrogens (tertiary/aromatic N) is 4. The molecule has 0 fully saturated rings. The molecule has 0 aliphatic carbocycles. The summed E-state index contributed by atoms with van der Waals surface area (Å²) in [5.74, 6) is 1.09. The summed E-state index contributed by atoms with van der Waals surface area (Å²) in [6.45, 7) is 0. The molecule has 0 bridgehead atoms. The maximum absolute atomic E-state index is 11.4. The lowest BCUT2D eigenvalue weighted by atomic mass is 10.3. The van der Waals surface area contributed by atoms with E-state index in [2.05, 4.69) is 15.0 Å². The van der Waals surface area contributed by atoms with Crippen LogP contribution in [0.3, 0.4) is 0 Å². The number of carbonyl (C=O) groups is 1. The van der Waals surface area contributed by atoms with Crippen LogP contribution in [0.2, 0.25) is 0 Å².